The predicted octanol–water partition coefficient (Wildman–Crippen LogP) is 2.14. The molecule has 2 atom stereocenters. The van der Waals surface area contributed by atoms with Crippen LogP contribution in [0.1, 0.15) is 46.5 Å². The smallest absolute Gasteiger partial charge is 0.329 e. The van der Waals surface area contributed by atoms with Gasteiger partial charge in [0.1, 0.15) is 0 Å². The lowest BCUT2D eigenvalue weighted by molar-refractivity contribution is -0.118. The van der Waals surface area contributed by atoms with Crippen molar-refractivity contribution in [2.75, 3.05) is 0 Å². The molecular formula is C9H21O4P. The minimum atomic E-state index is -2.47. The quantitative estimate of drug-likeness (QED) is 0.457. The molecule has 2 unspecified atom stereocenters. The van der Waals surface area contributed by atoms with Gasteiger partial charge in [-0.15, -0.1) is 0 Å². The Morgan fingerprint density at radius 3 is 2.29 bits per heavy atom. The summed E-state index contributed by atoms with van der Waals surface area (Å²) in [6.07, 6.45) is 2.52. The van der Waals surface area contributed by atoms with Crippen molar-refractivity contribution in [3.05, 3.63) is 0 Å². The van der Waals surface area contributed by atoms with Crippen LogP contribution in [0.15, 0.2) is 0 Å². The Morgan fingerprint density at radius 1 is 1.36 bits per heavy atom. The van der Waals surface area contributed by atoms with Gasteiger partial charge < -0.3 is 14.9 Å². The first-order valence-electron chi connectivity index (χ1n) is 4.99. The van der Waals surface area contributed by atoms with E-state index in [-0.39, 0.29) is 5.41 Å². The molecule has 0 bridgehead atoms. The Morgan fingerprint density at radius 2 is 1.93 bits per heavy atom. The first-order valence-corrected chi connectivity index (χ1v) is 6.15. The maximum Gasteiger partial charge on any atom is 0.329 e. The van der Waals surface area contributed by atoms with Crippen molar-refractivity contribution >= 4 is 8.60 Å². The Kier molecular flexibility index (Phi) is 6.83. The zero-order chi connectivity index (χ0) is 11.2. The largest absolute Gasteiger partial charge is 0.367 e. The fourth-order valence-corrected chi connectivity index (χ4v) is 1.71. The van der Waals surface area contributed by atoms with Crippen LogP contribution >= 0.6 is 8.60 Å². The number of aliphatic hydroxyl groups is 1. The lowest BCUT2D eigenvalue weighted by Gasteiger charge is -2.33. The average Bonchev–Trinajstić information content (AvgIpc) is 2.13. The third kappa shape index (κ3) is 4.67. The van der Waals surface area contributed by atoms with E-state index in [1.807, 2.05) is 13.8 Å². The van der Waals surface area contributed by atoms with Crippen molar-refractivity contribution in [3.8, 4) is 0 Å². The van der Waals surface area contributed by atoms with E-state index in [2.05, 4.69) is 11.4 Å². The second kappa shape index (κ2) is 6.70. The average molecular weight is 224 g/mol. The Balaban J connectivity index is 4.19. The summed E-state index contributed by atoms with van der Waals surface area (Å²) >= 11 is 0. The number of aliphatic hydroxyl groups excluding tert-OH is 1. The highest BCUT2D eigenvalue weighted by Crippen LogP contribution is 2.38. The third-order valence-corrected chi connectivity index (χ3v) is 3.09. The van der Waals surface area contributed by atoms with Crippen LogP contribution in [0.5, 0.6) is 0 Å². The molecule has 5 heteroatoms. The molecule has 3 N–H and O–H groups in total. The van der Waals surface area contributed by atoms with Crippen molar-refractivity contribution in [2.45, 2.75) is 52.7 Å². The van der Waals surface area contributed by atoms with Crippen LogP contribution in [0, 0.1) is 5.41 Å². The standard InChI is InChI=1S/C9H21O4P/c1-4-6-7-9(3,5-2)8(10)13-14(11)12/h8,10-12H,4-7H2,1-3H3. The van der Waals surface area contributed by atoms with E-state index in [1.54, 1.807) is 0 Å². The number of hydrogen-bond acceptors (Lipinski definition) is 4. The molecule has 0 rings (SSSR count). The lowest BCUT2D eigenvalue weighted by Crippen LogP contribution is -2.33. The highest BCUT2D eigenvalue weighted by atomic mass is 31.2. The monoisotopic (exact) mass is 224 g/mol. The van der Waals surface area contributed by atoms with Gasteiger partial charge in [0.2, 0.25) is 0 Å². The molecule has 0 fully saturated rings. The maximum absolute atomic E-state index is 9.64. The van der Waals surface area contributed by atoms with Gasteiger partial charge in [-0.05, 0) is 12.8 Å². The van der Waals surface area contributed by atoms with Crippen LogP contribution < -0.4 is 0 Å². The number of unbranched alkanes of at least 4 members (excludes halogenated alkanes) is 1. The highest BCUT2D eigenvalue weighted by Gasteiger charge is 2.33. The molecule has 0 spiro atoms. The first-order chi connectivity index (χ1) is 6.46. The van der Waals surface area contributed by atoms with Gasteiger partial charge in [0, 0.05) is 5.41 Å². The Bertz CT molecular complexity index is 154. The second-order valence-corrected chi connectivity index (χ2v) is 4.54. The van der Waals surface area contributed by atoms with Crippen molar-refractivity contribution in [1.82, 2.24) is 0 Å². The van der Waals surface area contributed by atoms with Crippen molar-refractivity contribution < 1.29 is 19.4 Å². The first kappa shape index (κ1) is 14.3. The summed E-state index contributed by atoms with van der Waals surface area (Å²) in [6.45, 7) is 5.93. The SMILES string of the molecule is CCCCC(C)(CC)C(O)OP(O)O. The molecule has 0 aromatic carbocycles. The molecule has 0 heterocycles. The zero-order valence-electron chi connectivity index (χ0n) is 9.10. The van der Waals surface area contributed by atoms with Gasteiger partial charge in [-0.3, -0.25) is 4.52 Å². The normalized spacial score (nSPS) is 18.2. The third-order valence-electron chi connectivity index (χ3n) is 2.70. The zero-order valence-corrected chi connectivity index (χ0v) is 10.00. The van der Waals surface area contributed by atoms with Crippen LogP contribution in [-0.4, -0.2) is 21.2 Å². The summed E-state index contributed by atoms with van der Waals surface area (Å²) in [7, 11) is -2.47. The Hall–Kier alpha value is 0.270. The van der Waals surface area contributed by atoms with Crippen LogP contribution in [0.25, 0.3) is 0 Å². The van der Waals surface area contributed by atoms with Crippen LogP contribution in [0.4, 0.5) is 0 Å². The van der Waals surface area contributed by atoms with E-state index in [1.165, 1.54) is 0 Å². The van der Waals surface area contributed by atoms with Gasteiger partial charge in [-0.25, -0.2) is 0 Å². The molecule has 0 aromatic rings. The van der Waals surface area contributed by atoms with Crippen LogP contribution in [0.3, 0.4) is 0 Å². The molecule has 0 saturated heterocycles. The predicted molar refractivity (Wildman–Crippen MR) is 56.4 cm³/mol. The second-order valence-electron chi connectivity index (χ2n) is 3.82. The lowest BCUT2D eigenvalue weighted by atomic mass is 9.82. The molecule has 0 amide bonds. The van der Waals surface area contributed by atoms with Crippen molar-refractivity contribution in [1.29, 1.82) is 0 Å². The summed E-state index contributed by atoms with van der Waals surface area (Å²) in [6, 6.07) is 0. The molecule has 14 heavy (non-hydrogen) atoms. The van der Waals surface area contributed by atoms with Gasteiger partial charge in [0.15, 0.2) is 6.29 Å². The van der Waals surface area contributed by atoms with E-state index in [0.717, 1.165) is 25.7 Å². The van der Waals surface area contributed by atoms with Crippen LogP contribution in [-0.2, 0) is 4.52 Å². The molecule has 0 radical (unpaired) electrons. The molecule has 0 aliphatic rings. The Labute approximate surface area is 86.9 Å². The van der Waals surface area contributed by atoms with Gasteiger partial charge in [-0.1, -0.05) is 33.6 Å². The number of rotatable bonds is 7. The molecular weight excluding hydrogens is 203 g/mol. The van der Waals surface area contributed by atoms with Gasteiger partial charge in [0.05, 0.1) is 0 Å². The van der Waals surface area contributed by atoms with E-state index in [9.17, 15) is 5.11 Å². The summed E-state index contributed by atoms with van der Waals surface area (Å²) in [5, 5.41) is 9.64. The minimum Gasteiger partial charge on any atom is -0.367 e. The molecule has 0 aromatic heterocycles. The van der Waals surface area contributed by atoms with E-state index < -0.39 is 14.9 Å². The summed E-state index contributed by atoms with van der Waals surface area (Å²) in [5.41, 5.74) is -0.387. The summed E-state index contributed by atoms with van der Waals surface area (Å²) in [5.74, 6) is 0. The minimum absolute atomic E-state index is 0.387. The summed E-state index contributed by atoms with van der Waals surface area (Å²) in [4.78, 5) is 17.3. The fourth-order valence-electron chi connectivity index (χ4n) is 1.27. The van der Waals surface area contributed by atoms with Gasteiger partial charge in [-0.2, -0.15) is 0 Å². The van der Waals surface area contributed by atoms with Crippen LogP contribution in [0.2, 0.25) is 0 Å². The summed E-state index contributed by atoms with van der Waals surface area (Å²) < 4.78 is 4.63. The topological polar surface area (TPSA) is 69.9 Å². The fraction of sp³-hybridized carbons (Fsp3) is 1.00. The van der Waals surface area contributed by atoms with Gasteiger partial charge in [0.25, 0.3) is 0 Å². The molecule has 86 valence electrons. The van der Waals surface area contributed by atoms with Crippen molar-refractivity contribution in [3.63, 3.8) is 0 Å². The van der Waals surface area contributed by atoms with Gasteiger partial charge >= 0.3 is 8.60 Å². The molecule has 0 aliphatic carbocycles. The van der Waals surface area contributed by atoms with E-state index in [0.29, 0.717) is 0 Å². The van der Waals surface area contributed by atoms with E-state index in [4.69, 9.17) is 9.79 Å². The molecule has 4 nitrogen and oxygen atoms in total. The molecule has 0 aliphatic heterocycles. The number of hydrogen-bond donors (Lipinski definition) is 3. The van der Waals surface area contributed by atoms with E-state index >= 15 is 0 Å². The highest BCUT2D eigenvalue weighted by molar-refractivity contribution is 7.39. The molecule has 0 saturated carbocycles. The maximum atomic E-state index is 9.64. The van der Waals surface area contributed by atoms with Crippen molar-refractivity contribution in [2.24, 2.45) is 5.41 Å².